The van der Waals surface area contributed by atoms with Crippen LogP contribution < -0.4 is 14.8 Å². The summed E-state index contributed by atoms with van der Waals surface area (Å²) in [4.78, 5) is 14.3. The zero-order chi connectivity index (χ0) is 18.5. The van der Waals surface area contributed by atoms with Crippen LogP contribution in [0.2, 0.25) is 0 Å². The molecule has 1 fully saturated rings. The maximum atomic E-state index is 12.6. The number of piperidine rings is 1. The first-order valence-electron chi connectivity index (χ1n) is 8.58. The highest BCUT2D eigenvalue weighted by Gasteiger charge is 2.25. The number of benzene rings is 1. The fraction of sp³-hybridized carbons (Fsp3) is 0.529. The summed E-state index contributed by atoms with van der Waals surface area (Å²) in [6.45, 7) is 2.02. The zero-order valence-electron chi connectivity index (χ0n) is 15.3. The third-order valence-electron chi connectivity index (χ3n) is 4.52. The van der Waals surface area contributed by atoms with Gasteiger partial charge in [0.2, 0.25) is 5.91 Å². The van der Waals surface area contributed by atoms with Gasteiger partial charge in [-0.05, 0) is 29.8 Å². The Bertz CT molecular complexity index is 734. The lowest BCUT2D eigenvalue weighted by Crippen LogP contribution is -2.41. The first-order valence-corrected chi connectivity index (χ1v) is 8.58. The Labute approximate surface area is 152 Å². The summed E-state index contributed by atoms with van der Waals surface area (Å²) < 4.78 is 12.2. The van der Waals surface area contributed by atoms with E-state index in [1.54, 1.807) is 36.9 Å². The Morgan fingerprint density at radius 3 is 2.65 bits per heavy atom. The first-order chi connectivity index (χ1) is 12.6. The van der Waals surface area contributed by atoms with E-state index in [9.17, 15) is 4.79 Å². The summed E-state index contributed by atoms with van der Waals surface area (Å²) in [6, 6.07) is 5.41. The molecule has 26 heavy (non-hydrogen) atoms. The smallest absolute Gasteiger partial charge is 0.227 e. The summed E-state index contributed by atoms with van der Waals surface area (Å²) in [5.74, 6) is 1.96. The van der Waals surface area contributed by atoms with Crippen LogP contribution in [0.15, 0.2) is 18.2 Å². The number of rotatable bonds is 6. The number of hydrogen-bond donors (Lipinski definition) is 1. The lowest BCUT2D eigenvalue weighted by molar-refractivity contribution is -0.135. The number of ether oxygens (including phenoxy) is 2. The maximum absolute atomic E-state index is 12.6. The Balaban J connectivity index is 1.79. The number of nitrogens with zero attached hydrogens (tertiary/aromatic N) is 5. The van der Waals surface area contributed by atoms with Crippen molar-refractivity contribution in [2.24, 2.45) is 5.92 Å². The van der Waals surface area contributed by atoms with Crippen molar-refractivity contribution in [3.05, 3.63) is 24.0 Å². The van der Waals surface area contributed by atoms with Gasteiger partial charge in [0, 0.05) is 31.8 Å². The third-order valence-corrected chi connectivity index (χ3v) is 4.52. The van der Waals surface area contributed by atoms with Gasteiger partial charge in [0.25, 0.3) is 0 Å². The molecule has 1 aromatic carbocycles. The molecule has 140 valence electrons. The van der Waals surface area contributed by atoms with Gasteiger partial charge in [-0.3, -0.25) is 4.79 Å². The highest BCUT2D eigenvalue weighted by molar-refractivity contribution is 5.78. The average molecular weight is 360 g/mol. The van der Waals surface area contributed by atoms with Crippen molar-refractivity contribution in [1.29, 1.82) is 0 Å². The van der Waals surface area contributed by atoms with E-state index < -0.39 is 0 Å². The Kier molecular flexibility index (Phi) is 5.67. The van der Waals surface area contributed by atoms with Crippen LogP contribution in [-0.4, -0.2) is 65.4 Å². The number of tetrazole rings is 1. The standard InChI is InChI=1S/C17H24N6O3/c1-22(17(24)12-5-4-6-18-10-12)11-16-19-20-21-23(16)13-7-14(25-2)9-15(8-13)26-3/h7-9,12,18H,4-6,10-11H2,1-3H3/t12-/m0/s1. The fourth-order valence-electron chi connectivity index (χ4n) is 3.08. The van der Waals surface area contributed by atoms with E-state index in [0.29, 0.717) is 29.6 Å². The van der Waals surface area contributed by atoms with E-state index >= 15 is 0 Å². The van der Waals surface area contributed by atoms with Crippen LogP contribution in [0.5, 0.6) is 11.5 Å². The molecule has 2 aromatic rings. The minimum absolute atomic E-state index is 0.00925. The van der Waals surface area contributed by atoms with Gasteiger partial charge in [0.1, 0.15) is 11.5 Å². The molecule has 1 aliphatic heterocycles. The second kappa shape index (κ2) is 8.13. The molecule has 9 heteroatoms. The number of hydrogen-bond acceptors (Lipinski definition) is 7. The molecule has 1 N–H and O–H groups in total. The third kappa shape index (κ3) is 3.93. The number of methoxy groups -OCH3 is 2. The van der Waals surface area contributed by atoms with Crippen LogP contribution in [0, 0.1) is 5.92 Å². The topological polar surface area (TPSA) is 94.4 Å². The molecule has 1 aliphatic rings. The fourth-order valence-corrected chi connectivity index (χ4v) is 3.08. The van der Waals surface area contributed by atoms with Crippen molar-refractivity contribution >= 4 is 5.91 Å². The molecule has 0 unspecified atom stereocenters. The molecule has 0 spiro atoms. The van der Waals surface area contributed by atoms with E-state index in [1.165, 1.54) is 0 Å². The molecule has 1 saturated heterocycles. The van der Waals surface area contributed by atoms with Crippen LogP contribution in [0.3, 0.4) is 0 Å². The van der Waals surface area contributed by atoms with Crippen molar-refractivity contribution < 1.29 is 14.3 Å². The first kappa shape index (κ1) is 18.1. The molecule has 1 amide bonds. The molecular weight excluding hydrogens is 336 g/mol. The molecule has 9 nitrogen and oxygen atoms in total. The largest absolute Gasteiger partial charge is 0.497 e. The summed E-state index contributed by atoms with van der Waals surface area (Å²) in [6.07, 6.45) is 1.93. The summed E-state index contributed by atoms with van der Waals surface area (Å²) in [5.41, 5.74) is 0.710. The molecule has 0 aliphatic carbocycles. The second-order valence-corrected chi connectivity index (χ2v) is 6.32. The molecule has 0 bridgehead atoms. The minimum Gasteiger partial charge on any atom is -0.497 e. The van der Waals surface area contributed by atoms with E-state index in [4.69, 9.17) is 9.47 Å². The van der Waals surface area contributed by atoms with Gasteiger partial charge in [0.15, 0.2) is 5.82 Å². The Hall–Kier alpha value is -2.68. The number of aromatic nitrogens is 4. The van der Waals surface area contributed by atoms with Crippen molar-refractivity contribution in [2.75, 3.05) is 34.4 Å². The minimum atomic E-state index is 0.00925. The quantitative estimate of drug-likeness (QED) is 0.808. The molecular formula is C17H24N6O3. The van der Waals surface area contributed by atoms with E-state index in [-0.39, 0.29) is 11.8 Å². The van der Waals surface area contributed by atoms with Crippen molar-refractivity contribution in [1.82, 2.24) is 30.4 Å². The second-order valence-electron chi connectivity index (χ2n) is 6.32. The van der Waals surface area contributed by atoms with Gasteiger partial charge < -0.3 is 19.7 Å². The maximum Gasteiger partial charge on any atom is 0.227 e. The molecule has 1 aromatic heterocycles. The van der Waals surface area contributed by atoms with Gasteiger partial charge >= 0.3 is 0 Å². The van der Waals surface area contributed by atoms with Crippen LogP contribution in [-0.2, 0) is 11.3 Å². The van der Waals surface area contributed by atoms with Crippen LogP contribution >= 0.6 is 0 Å². The van der Waals surface area contributed by atoms with Crippen molar-refractivity contribution in [3.63, 3.8) is 0 Å². The summed E-state index contributed by atoms with van der Waals surface area (Å²) >= 11 is 0. The molecule has 2 heterocycles. The van der Waals surface area contributed by atoms with E-state index in [2.05, 4.69) is 20.8 Å². The molecule has 3 rings (SSSR count). The monoisotopic (exact) mass is 360 g/mol. The van der Waals surface area contributed by atoms with Gasteiger partial charge in [0.05, 0.1) is 32.4 Å². The van der Waals surface area contributed by atoms with E-state index in [1.807, 2.05) is 12.1 Å². The van der Waals surface area contributed by atoms with Gasteiger partial charge in [-0.15, -0.1) is 5.10 Å². The predicted octanol–water partition coefficient (Wildman–Crippen LogP) is 0.638. The van der Waals surface area contributed by atoms with Gasteiger partial charge in [-0.25, -0.2) is 0 Å². The predicted molar refractivity (Wildman–Crippen MR) is 94.3 cm³/mol. The van der Waals surface area contributed by atoms with Crippen molar-refractivity contribution in [2.45, 2.75) is 19.4 Å². The zero-order valence-corrected chi connectivity index (χ0v) is 15.3. The average Bonchev–Trinajstić information content (AvgIpc) is 3.15. The van der Waals surface area contributed by atoms with Crippen LogP contribution in [0.25, 0.3) is 5.69 Å². The highest BCUT2D eigenvalue weighted by atomic mass is 16.5. The number of carbonyl (C=O) groups is 1. The number of carbonyl (C=O) groups excluding carboxylic acids is 1. The lowest BCUT2D eigenvalue weighted by Gasteiger charge is -2.26. The normalized spacial score (nSPS) is 17.0. The summed E-state index contributed by atoms with van der Waals surface area (Å²) in [5, 5.41) is 15.2. The Morgan fingerprint density at radius 1 is 1.31 bits per heavy atom. The van der Waals surface area contributed by atoms with Gasteiger partial charge in [-0.1, -0.05) is 0 Å². The SMILES string of the molecule is COc1cc(OC)cc(-n2nnnc2CN(C)C(=O)[C@H]2CCCNC2)c1. The van der Waals surface area contributed by atoms with Crippen LogP contribution in [0.1, 0.15) is 18.7 Å². The highest BCUT2D eigenvalue weighted by Crippen LogP contribution is 2.25. The molecule has 0 radical (unpaired) electrons. The number of amides is 1. The van der Waals surface area contributed by atoms with E-state index in [0.717, 1.165) is 25.9 Å². The van der Waals surface area contributed by atoms with Gasteiger partial charge in [-0.2, -0.15) is 4.68 Å². The summed E-state index contributed by atoms with van der Waals surface area (Å²) in [7, 11) is 4.95. The Morgan fingerprint density at radius 2 is 2.04 bits per heavy atom. The number of nitrogens with one attached hydrogen (secondary N) is 1. The van der Waals surface area contributed by atoms with Crippen molar-refractivity contribution in [3.8, 4) is 17.2 Å². The lowest BCUT2D eigenvalue weighted by atomic mass is 9.98. The molecule has 0 saturated carbocycles. The molecule has 1 atom stereocenters. The van der Waals surface area contributed by atoms with Crippen LogP contribution in [0.4, 0.5) is 0 Å².